The smallest absolute Gasteiger partial charge is 0.253 e. The van der Waals surface area contributed by atoms with E-state index < -0.39 is 10.0 Å². The van der Waals surface area contributed by atoms with Gasteiger partial charge in [0.05, 0.1) is 5.02 Å². The molecule has 5 nitrogen and oxygen atoms in total. The van der Waals surface area contributed by atoms with Crippen molar-refractivity contribution >= 4 is 27.5 Å². The highest BCUT2D eigenvalue weighted by Crippen LogP contribution is 2.23. The summed E-state index contributed by atoms with van der Waals surface area (Å²) in [7, 11) is -3.60. The van der Waals surface area contributed by atoms with E-state index >= 15 is 0 Å². The minimum absolute atomic E-state index is 0.0634. The van der Waals surface area contributed by atoms with Crippen LogP contribution in [0.15, 0.2) is 59.5 Å². The quantitative estimate of drug-likeness (QED) is 0.797. The Morgan fingerprint density at radius 1 is 1.04 bits per heavy atom. The van der Waals surface area contributed by atoms with Gasteiger partial charge < -0.3 is 4.90 Å². The van der Waals surface area contributed by atoms with Crippen LogP contribution in [-0.4, -0.2) is 38.9 Å². The molecule has 0 bridgehead atoms. The van der Waals surface area contributed by atoms with E-state index in [2.05, 4.69) is 4.72 Å². The molecule has 2 aromatic rings. The first kappa shape index (κ1) is 19.9. The van der Waals surface area contributed by atoms with Gasteiger partial charge in [0.15, 0.2) is 0 Å². The first-order chi connectivity index (χ1) is 13.0. The van der Waals surface area contributed by atoms with E-state index in [-0.39, 0.29) is 15.8 Å². The number of carbonyl (C=O) groups is 1. The highest BCUT2D eigenvalue weighted by Gasteiger charge is 2.24. The number of likely N-dealkylation sites (tertiary alicyclic amines) is 1. The molecule has 0 aromatic heterocycles. The highest BCUT2D eigenvalue weighted by molar-refractivity contribution is 7.89. The second-order valence-electron chi connectivity index (χ2n) is 6.72. The molecule has 1 N–H and O–H groups in total. The number of sulfonamides is 1. The van der Waals surface area contributed by atoms with Crippen LogP contribution < -0.4 is 4.72 Å². The zero-order valence-electron chi connectivity index (χ0n) is 15.0. The molecule has 0 unspecified atom stereocenters. The summed E-state index contributed by atoms with van der Waals surface area (Å²) in [5.74, 6) is 0.465. The van der Waals surface area contributed by atoms with Gasteiger partial charge in [-0.3, -0.25) is 4.79 Å². The highest BCUT2D eigenvalue weighted by atomic mass is 35.5. The molecule has 144 valence electrons. The van der Waals surface area contributed by atoms with Gasteiger partial charge in [0, 0.05) is 25.2 Å². The van der Waals surface area contributed by atoms with Crippen LogP contribution in [0.3, 0.4) is 0 Å². The number of piperidine rings is 1. The summed E-state index contributed by atoms with van der Waals surface area (Å²) >= 11 is 5.98. The third-order valence-electron chi connectivity index (χ3n) is 4.89. The van der Waals surface area contributed by atoms with Crippen LogP contribution in [0.25, 0.3) is 0 Å². The number of rotatable bonds is 6. The van der Waals surface area contributed by atoms with E-state index in [4.69, 9.17) is 11.6 Å². The largest absolute Gasteiger partial charge is 0.339 e. The lowest BCUT2D eigenvalue weighted by molar-refractivity contribution is 0.0687. The Kier molecular flexibility index (Phi) is 6.52. The molecule has 7 heteroatoms. The number of nitrogens with zero attached hydrogens (tertiary/aromatic N) is 1. The Hall–Kier alpha value is -1.89. The molecule has 0 radical (unpaired) electrons. The van der Waals surface area contributed by atoms with E-state index in [0.29, 0.717) is 31.1 Å². The van der Waals surface area contributed by atoms with Crippen LogP contribution in [0.2, 0.25) is 5.02 Å². The van der Waals surface area contributed by atoms with Crippen LogP contribution in [-0.2, 0) is 10.0 Å². The van der Waals surface area contributed by atoms with Crippen molar-refractivity contribution in [3.05, 3.63) is 65.2 Å². The summed E-state index contributed by atoms with van der Waals surface area (Å²) in [6.07, 6.45) is 2.51. The average Bonchev–Trinajstić information content (AvgIpc) is 2.69. The number of halogens is 1. The van der Waals surface area contributed by atoms with Crippen molar-refractivity contribution in [2.45, 2.75) is 24.2 Å². The molecule has 1 heterocycles. The summed E-state index contributed by atoms with van der Waals surface area (Å²) < 4.78 is 27.3. The van der Waals surface area contributed by atoms with Gasteiger partial charge >= 0.3 is 0 Å². The fraction of sp³-hybridized carbons (Fsp3) is 0.350. The van der Waals surface area contributed by atoms with Crippen molar-refractivity contribution in [3.63, 3.8) is 0 Å². The zero-order chi connectivity index (χ0) is 19.3. The van der Waals surface area contributed by atoms with Gasteiger partial charge in [-0.2, -0.15) is 0 Å². The summed E-state index contributed by atoms with van der Waals surface area (Å²) in [4.78, 5) is 14.4. The molecular formula is C20H23ClN2O3S. The van der Waals surface area contributed by atoms with Crippen LogP contribution in [0.5, 0.6) is 0 Å². The predicted octanol–water partition coefficient (Wildman–Crippen LogP) is 3.56. The van der Waals surface area contributed by atoms with Crippen molar-refractivity contribution < 1.29 is 13.2 Å². The maximum Gasteiger partial charge on any atom is 0.253 e. The number of hydrogen-bond donors (Lipinski definition) is 1. The van der Waals surface area contributed by atoms with Gasteiger partial charge in [0.1, 0.15) is 4.90 Å². The summed E-state index contributed by atoms with van der Waals surface area (Å²) in [5.41, 5.74) is 0.712. The van der Waals surface area contributed by atoms with Crippen LogP contribution in [0.1, 0.15) is 29.6 Å². The summed E-state index contributed by atoms with van der Waals surface area (Å²) in [6, 6.07) is 15.7. The normalized spacial score (nSPS) is 15.7. The Labute approximate surface area is 165 Å². The number of hydrogen-bond acceptors (Lipinski definition) is 3. The van der Waals surface area contributed by atoms with Gasteiger partial charge in [-0.1, -0.05) is 41.9 Å². The first-order valence-electron chi connectivity index (χ1n) is 9.06. The van der Waals surface area contributed by atoms with E-state index in [9.17, 15) is 13.2 Å². The third-order valence-corrected chi connectivity index (χ3v) is 6.85. The fourth-order valence-electron chi connectivity index (χ4n) is 3.33. The second kappa shape index (κ2) is 8.87. The molecule has 1 saturated heterocycles. The minimum Gasteiger partial charge on any atom is -0.339 e. The van der Waals surface area contributed by atoms with Gasteiger partial charge in [0.25, 0.3) is 5.91 Å². The Morgan fingerprint density at radius 3 is 2.33 bits per heavy atom. The molecule has 0 saturated carbocycles. The number of nitrogens with one attached hydrogen (secondary N) is 1. The second-order valence-corrected chi connectivity index (χ2v) is 8.86. The van der Waals surface area contributed by atoms with Crippen molar-refractivity contribution in [2.75, 3.05) is 19.6 Å². The van der Waals surface area contributed by atoms with Gasteiger partial charge in [0.2, 0.25) is 10.0 Å². The molecule has 0 atom stereocenters. The van der Waals surface area contributed by atoms with Crippen LogP contribution in [0, 0.1) is 5.92 Å². The molecule has 0 spiro atoms. The van der Waals surface area contributed by atoms with Crippen LogP contribution >= 0.6 is 11.6 Å². The molecule has 2 aromatic carbocycles. The SMILES string of the molecule is O=C(c1ccccc1)N1CCC(CCNS(=O)(=O)c2ccccc2Cl)CC1. The summed E-state index contributed by atoms with van der Waals surface area (Å²) in [5, 5.41) is 0.220. The minimum atomic E-state index is -3.60. The molecule has 1 fully saturated rings. The molecule has 0 aliphatic carbocycles. The topological polar surface area (TPSA) is 66.5 Å². The maximum atomic E-state index is 12.5. The standard InChI is InChI=1S/C20H23ClN2O3S/c21-18-8-4-5-9-19(18)27(25,26)22-13-10-16-11-14-23(15-12-16)20(24)17-6-2-1-3-7-17/h1-9,16,22H,10-15H2. The number of benzene rings is 2. The lowest BCUT2D eigenvalue weighted by atomic mass is 9.93. The Morgan fingerprint density at radius 2 is 1.67 bits per heavy atom. The zero-order valence-corrected chi connectivity index (χ0v) is 16.5. The first-order valence-corrected chi connectivity index (χ1v) is 10.9. The van der Waals surface area contributed by atoms with Crippen LogP contribution in [0.4, 0.5) is 0 Å². The van der Waals surface area contributed by atoms with E-state index in [1.54, 1.807) is 18.2 Å². The van der Waals surface area contributed by atoms with Gasteiger partial charge in [-0.15, -0.1) is 0 Å². The van der Waals surface area contributed by atoms with Crippen molar-refractivity contribution in [3.8, 4) is 0 Å². The van der Waals surface area contributed by atoms with E-state index in [1.807, 2.05) is 35.2 Å². The number of amides is 1. The van der Waals surface area contributed by atoms with Gasteiger partial charge in [-0.05, 0) is 49.4 Å². The lowest BCUT2D eigenvalue weighted by Gasteiger charge is -2.32. The van der Waals surface area contributed by atoms with E-state index in [0.717, 1.165) is 19.3 Å². The lowest BCUT2D eigenvalue weighted by Crippen LogP contribution is -2.39. The predicted molar refractivity (Wildman–Crippen MR) is 106 cm³/mol. The van der Waals surface area contributed by atoms with Crippen molar-refractivity contribution in [1.82, 2.24) is 9.62 Å². The van der Waals surface area contributed by atoms with Gasteiger partial charge in [-0.25, -0.2) is 13.1 Å². The molecule has 3 rings (SSSR count). The molecule has 1 aliphatic rings. The van der Waals surface area contributed by atoms with E-state index in [1.165, 1.54) is 6.07 Å². The number of carbonyl (C=O) groups excluding carboxylic acids is 1. The Bertz CT molecular complexity index is 879. The molecular weight excluding hydrogens is 384 g/mol. The maximum absolute atomic E-state index is 12.5. The fourth-order valence-corrected chi connectivity index (χ4v) is 4.89. The molecule has 1 amide bonds. The molecule has 27 heavy (non-hydrogen) atoms. The molecule has 1 aliphatic heterocycles. The average molecular weight is 407 g/mol. The summed E-state index contributed by atoms with van der Waals surface area (Å²) in [6.45, 7) is 1.77. The Balaban J connectivity index is 1.46. The monoisotopic (exact) mass is 406 g/mol. The third kappa shape index (κ3) is 5.09. The van der Waals surface area contributed by atoms with Crippen molar-refractivity contribution in [2.24, 2.45) is 5.92 Å². The van der Waals surface area contributed by atoms with Crippen molar-refractivity contribution in [1.29, 1.82) is 0 Å².